The standard InChI is InChI=1S/C47H93ClO2/c1-24-39(13,14)32-34(9)42(18,27-4)44(20,29-6)37(12)47(31-8,50-23)45(21,30-7)38(49)35(10)43(19,28-5)41(17,26-3)33-46(22,48)36(11)40(15,16)25-2/h34-37H,24-33H2,1-23H3. The fourth-order valence-electron chi connectivity index (χ4n) is 11.4. The van der Waals surface area contributed by atoms with Crippen molar-refractivity contribution < 1.29 is 9.53 Å². The van der Waals surface area contributed by atoms with Gasteiger partial charge in [0.15, 0.2) is 0 Å². The van der Waals surface area contributed by atoms with E-state index < -0.39 is 11.0 Å². The summed E-state index contributed by atoms with van der Waals surface area (Å²) in [6.45, 7) is 52.1. The van der Waals surface area contributed by atoms with Gasteiger partial charge in [0, 0.05) is 17.9 Å². The minimum atomic E-state index is -0.667. The Labute approximate surface area is 321 Å². The normalized spacial score (nSPS) is 24.2. The van der Waals surface area contributed by atoms with Crippen LogP contribution in [0.25, 0.3) is 0 Å². The molecule has 0 spiro atoms. The molecule has 0 bridgehead atoms. The van der Waals surface area contributed by atoms with Crippen molar-refractivity contribution in [2.24, 2.45) is 61.6 Å². The Hall–Kier alpha value is -0.0800. The largest absolute Gasteiger partial charge is 0.377 e. The van der Waals surface area contributed by atoms with E-state index in [1.165, 1.54) is 12.8 Å². The summed E-state index contributed by atoms with van der Waals surface area (Å²) in [6.07, 6.45) is 9.95. The molecule has 2 nitrogen and oxygen atoms in total. The highest BCUT2D eigenvalue weighted by molar-refractivity contribution is 6.24. The second kappa shape index (κ2) is 17.6. The van der Waals surface area contributed by atoms with Crippen LogP contribution in [0.3, 0.4) is 0 Å². The van der Waals surface area contributed by atoms with Crippen LogP contribution in [0, 0.1) is 61.6 Å². The summed E-state index contributed by atoms with van der Waals surface area (Å²) < 4.78 is 6.94. The molecule has 0 radical (unpaired) electrons. The predicted octanol–water partition coefficient (Wildman–Crippen LogP) is 15.6. The van der Waals surface area contributed by atoms with Gasteiger partial charge in [0.2, 0.25) is 0 Å². The smallest absolute Gasteiger partial charge is 0.144 e. The number of hydrogen-bond acceptors (Lipinski definition) is 2. The molecule has 0 aliphatic rings. The summed E-state index contributed by atoms with van der Waals surface area (Å²) in [4.78, 5) is 15.3. The summed E-state index contributed by atoms with van der Waals surface area (Å²) >= 11 is 7.63. The number of carbonyl (C=O) groups excluding carboxylic acids is 1. The maximum Gasteiger partial charge on any atom is 0.144 e. The highest BCUT2D eigenvalue weighted by atomic mass is 35.5. The van der Waals surface area contributed by atoms with Crippen LogP contribution in [-0.4, -0.2) is 23.4 Å². The summed E-state index contributed by atoms with van der Waals surface area (Å²) in [5, 5.41) is 0. The third-order valence-electron chi connectivity index (χ3n) is 18.4. The van der Waals surface area contributed by atoms with Gasteiger partial charge >= 0.3 is 0 Å². The molecule has 11 atom stereocenters. The van der Waals surface area contributed by atoms with Gasteiger partial charge in [0.1, 0.15) is 5.78 Å². The van der Waals surface area contributed by atoms with E-state index in [9.17, 15) is 0 Å². The first-order valence-electron chi connectivity index (χ1n) is 21.3. The molecule has 0 aliphatic carbocycles. The lowest BCUT2D eigenvalue weighted by molar-refractivity contribution is -0.209. The van der Waals surface area contributed by atoms with E-state index in [0.29, 0.717) is 23.0 Å². The predicted molar refractivity (Wildman–Crippen MR) is 225 cm³/mol. The van der Waals surface area contributed by atoms with Crippen molar-refractivity contribution in [2.45, 2.75) is 227 Å². The van der Waals surface area contributed by atoms with Crippen LogP contribution in [0.2, 0.25) is 0 Å². The van der Waals surface area contributed by atoms with Gasteiger partial charge in [0.05, 0.1) is 11.0 Å². The first kappa shape index (κ1) is 49.9. The lowest BCUT2D eigenvalue weighted by atomic mass is 9.44. The van der Waals surface area contributed by atoms with Crippen LogP contribution < -0.4 is 0 Å². The van der Waals surface area contributed by atoms with Crippen molar-refractivity contribution in [3.63, 3.8) is 0 Å². The van der Waals surface area contributed by atoms with Gasteiger partial charge in [0.25, 0.3) is 0 Å². The number of hydrogen-bond donors (Lipinski definition) is 0. The quantitative estimate of drug-likeness (QED) is 0.0926. The van der Waals surface area contributed by atoms with Gasteiger partial charge in [-0.15, -0.1) is 11.6 Å². The van der Waals surface area contributed by atoms with E-state index in [1.54, 1.807) is 0 Å². The fraction of sp³-hybridized carbons (Fsp3) is 0.979. The van der Waals surface area contributed by atoms with Gasteiger partial charge in [-0.25, -0.2) is 0 Å². The second-order valence-corrected chi connectivity index (χ2v) is 21.2. The Morgan fingerprint density at radius 2 is 1.04 bits per heavy atom. The Bertz CT molecular complexity index is 1060. The zero-order valence-electron chi connectivity index (χ0n) is 38.6. The number of methoxy groups -OCH3 is 1. The third-order valence-corrected chi connectivity index (χ3v) is 18.8. The molecule has 0 saturated heterocycles. The van der Waals surface area contributed by atoms with Crippen molar-refractivity contribution in [1.29, 1.82) is 0 Å². The Kier molecular flexibility index (Phi) is 17.6. The van der Waals surface area contributed by atoms with Gasteiger partial charge in [-0.2, -0.15) is 0 Å². The molecule has 0 aromatic carbocycles. The van der Waals surface area contributed by atoms with Gasteiger partial charge in [-0.1, -0.05) is 158 Å². The zero-order valence-corrected chi connectivity index (χ0v) is 39.3. The topological polar surface area (TPSA) is 26.3 Å². The van der Waals surface area contributed by atoms with Gasteiger partial charge in [-0.3, -0.25) is 4.79 Å². The van der Waals surface area contributed by atoms with Crippen molar-refractivity contribution in [3.05, 3.63) is 0 Å². The van der Waals surface area contributed by atoms with Gasteiger partial charge < -0.3 is 4.74 Å². The van der Waals surface area contributed by atoms with E-state index in [0.717, 1.165) is 51.4 Å². The summed E-state index contributed by atoms with van der Waals surface area (Å²) in [5.41, 5.74) is -1.22. The maximum absolute atomic E-state index is 15.7. The lowest BCUT2D eigenvalue weighted by Crippen LogP contribution is -2.64. The molecular formula is C47H93ClO2. The molecule has 0 N–H and O–H groups in total. The highest BCUT2D eigenvalue weighted by Crippen LogP contribution is 2.64. The molecule has 0 aromatic rings. The van der Waals surface area contributed by atoms with Gasteiger partial charge in [-0.05, 0) is 109 Å². The number of rotatable bonds is 24. The average Bonchev–Trinajstić information content (AvgIpc) is 3.08. The molecule has 0 aliphatic heterocycles. The van der Waals surface area contributed by atoms with Crippen molar-refractivity contribution in [2.75, 3.05) is 7.11 Å². The molecule has 0 fully saturated rings. The highest BCUT2D eigenvalue weighted by Gasteiger charge is 2.64. The SMILES string of the molecule is CCC(C)(C)CC(C)C(C)(CC)C(C)(CC)C(C)C(CC)(OC)C(C)(CC)C(=O)C(C)C(C)(CC)C(C)(CC)CC(C)(Cl)C(C)C(C)(C)CC. The second-order valence-electron chi connectivity index (χ2n) is 20.3. The lowest BCUT2D eigenvalue weighted by Gasteiger charge is -2.62. The van der Waals surface area contributed by atoms with E-state index in [2.05, 4.69) is 152 Å². The molecule has 0 saturated carbocycles. The number of ether oxygens (including phenoxy) is 1. The van der Waals surface area contributed by atoms with Crippen LogP contribution in [0.4, 0.5) is 0 Å². The monoisotopic (exact) mass is 725 g/mol. The fourth-order valence-corrected chi connectivity index (χ4v) is 12.0. The van der Waals surface area contributed by atoms with E-state index in [-0.39, 0.29) is 43.8 Å². The van der Waals surface area contributed by atoms with Crippen LogP contribution in [0.15, 0.2) is 0 Å². The van der Waals surface area contributed by atoms with E-state index in [4.69, 9.17) is 16.3 Å². The number of halogens is 1. The van der Waals surface area contributed by atoms with Crippen LogP contribution in [0.5, 0.6) is 0 Å². The molecule has 0 aromatic heterocycles. The van der Waals surface area contributed by atoms with Crippen LogP contribution >= 0.6 is 11.6 Å². The maximum atomic E-state index is 15.7. The molecule has 50 heavy (non-hydrogen) atoms. The molecular weight excluding hydrogens is 632 g/mol. The number of ketones is 1. The minimum absolute atomic E-state index is 0.0500. The third kappa shape index (κ3) is 8.57. The Morgan fingerprint density at radius 3 is 1.36 bits per heavy atom. The average molecular weight is 726 g/mol. The van der Waals surface area contributed by atoms with Crippen molar-refractivity contribution >= 4 is 17.4 Å². The molecule has 3 heteroatoms. The van der Waals surface area contributed by atoms with Crippen LogP contribution in [-0.2, 0) is 9.53 Å². The molecule has 300 valence electrons. The molecule has 11 unspecified atom stereocenters. The van der Waals surface area contributed by atoms with E-state index >= 15 is 4.79 Å². The number of Topliss-reactive ketones (excluding diaryl/α,β-unsaturated/α-hetero) is 1. The van der Waals surface area contributed by atoms with Crippen molar-refractivity contribution in [3.8, 4) is 0 Å². The summed E-state index contributed by atoms with van der Waals surface area (Å²) in [6, 6.07) is 0. The first-order valence-corrected chi connectivity index (χ1v) is 21.7. The molecule has 0 heterocycles. The minimum Gasteiger partial charge on any atom is -0.377 e. The van der Waals surface area contributed by atoms with E-state index in [1.807, 2.05) is 7.11 Å². The summed E-state index contributed by atoms with van der Waals surface area (Å²) in [5.74, 6) is 1.22. The van der Waals surface area contributed by atoms with Crippen LogP contribution in [0.1, 0.15) is 217 Å². The number of alkyl halides is 1. The number of carbonyl (C=O) groups is 1. The zero-order chi connectivity index (χ0) is 40.2. The Morgan fingerprint density at radius 1 is 0.580 bits per heavy atom. The molecule has 0 rings (SSSR count). The summed E-state index contributed by atoms with van der Waals surface area (Å²) in [7, 11) is 1.90. The first-order chi connectivity index (χ1) is 22.5. The van der Waals surface area contributed by atoms with Crippen molar-refractivity contribution in [1.82, 2.24) is 0 Å². The molecule has 0 amide bonds. The Balaban J connectivity index is 7.48.